The Balaban J connectivity index is 1.99. The molecule has 1 aromatic carbocycles. The summed E-state index contributed by atoms with van der Waals surface area (Å²) in [6, 6.07) is 8.64. The van der Waals surface area contributed by atoms with Gasteiger partial charge in [0.25, 0.3) is 0 Å². The number of ether oxygens (including phenoxy) is 2. The van der Waals surface area contributed by atoms with Crippen LogP contribution >= 0.6 is 0 Å². The van der Waals surface area contributed by atoms with E-state index in [1.165, 1.54) is 11.1 Å². The topological polar surface area (TPSA) is 30.8 Å². The Bertz CT molecular complexity index is 769. The first-order valence-corrected chi connectivity index (χ1v) is 13.0. The van der Waals surface area contributed by atoms with Crippen molar-refractivity contribution in [1.82, 2.24) is 0 Å². The molecule has 140 valence electrons. The highest BCUT2D eigenvalue weighted by molar-refractivity contribution is 6.80. The van der Waals surface area contributed by atoms with Gasteiger partial charge >= 0.3 is 0 Å². The maximum Gasteiger partial charge on any atom is 0.220 e. The zero-order chi connectivity index (χ0) is 18.9. The van der Waals surface area contributed by atoms with E-state index in [-0.39, 0.29) is 5.54 Å². The smallest absolute Gasteiger partial charge is 0.220 e. The van der Waals surface area contributed by atoms with Crippen LogP contribution in [0.1, 0.15) is 43.7 Å². The molecule has 0 saturated heterocycles. The predicted octanol–water partition coefficient (Wildman–Crippen LogP) is 5.56. The molecule has 0 radical (unpaired) electrons. The van der Waals surface area contributed by atoms with Crippen LogP contribution in [0.15, 0.2) is 46.8 Å². The summed E-state index contributed by atoms with van der Waals surface area (Å²) in [5, 5.41) is 0. The van der Waals surface area contributed by atoms with E-state index < -0.39 is 8.07 Å². The van der Waals surface area contributed by atoms with Crippen LogP contribution in [0.25, 0.3) is 5.57 Å². The van der Waals surface area contributed by atoms with Crippen molar-refractivity contribution in [3.8, 4) is 0 Å². The highest BCUT2D eigenvalue weighted by atomic mass is 28.3. The first-order valence-electron chi connectivity index (χ1n) is 9.47. The molecule has 1 heterocycles. The van der Waals surface area contributed by atoms with Crippen LogP contribution in [-0.4, -0.2) is 33.2 Å². The molecule has 0 fully saturated rings. The maximum atomic E-state index is 5.96. The minimum atomic E-state index is -1.17. The van der Waals surface area contributed by atoms with Gasteiger partial charge in [0.2, 0.25) is 5.90 Å². The third kappa shape index (κ3) is 4.12. The highest BCUT2D eigenvalue weighted by Crippen LogP contribution is 2.42. The zero-order valence-corrected chi connectivity index (χ0v) is 17.9. The van der Waals surface area contributed by atoms with Crippen molar-refractivity contribution in [1.29, 1.82) is 0 Å². The van der Waals surface area contributed by atoms with E-state index in [0.717, 1.165) is 30.1 Å². The molecular formula is C22H31NO2Si. The molecule has 26 heavy (non-hydrogen) atoms. The van der Waals surface area contributed by atoms with Crippen LogP contribution in [0.4, 0.5) is 0 Å². The molecule has 1 aliphatic carbocycles. The summed E-state index contributed by atoms with van der Waals surface area (Å²) in [6.45, 7) is 11.9. The van der Waals surface area contributed by atoms with Crippen molar-refractivity contribution in [2.45, 2.75) is 57.8 Å². The number of allylic oxidation sites excluding steroid dienone is 2. The average molecular weight is 370 g/mol. The van der Waals surface area contributed by atoms with Gasteiger partial charge in [-0.2, -0.15) is 0 Å². The highest BCUT2D eigenvalue weighted by Gasteiger charge is 2.35. The molecule has 3 nitrogen and oxygen atoms in total. The molecule has 0 N–H and O–H groups in total. The van der Waals surface area contributed by atoms with Crippen LogP contribution in [0.2, 0.25) is 19.6 Å². The first kappa shape index (κ1) is 19.0. The van der Waals surface area contributed by atoms with Gasteiger partial charge in [0.15, 0.2) is 0 Å². The Kier molecular flexibility index (Phi) is 5.15. The van der Waals surface area contributed by atoms with Crippen molar-refractivity contribution in [2.24, 2.45) is 4.99 Å². The summed E-state index contributed by atoms with van der Waals surface area (Å²) in [5.74, 6) is 2.16. The standard InChI is InChI=1S/C22H31NO2Si/c1-22(2)15-25-21(23-22)20-18-12-8-7-11-17(18)16(14-19(20)24-3)10-9-13-26(4,5)6/h7-9,11-13,16H,10,14-15H2,1-6H3. The third-order valence-corrected chi connectivity index (χ3v) is 6.08. The number of fused-ring (bicyclic) bond motifs is 1. The van der Waals surface area contributed by atoms with Gasteiger partial charge < -0.3 is 9.47 Å². The van der Waals surface area contributed by atoms with Crippen LogP contribution < -0.4 is 0 Å². The van der Waals surface area contributed by atoms with Crippen LogP contribution in [0.5, 0.6) is 0 Å². The molecular weight excluding hydrogens is 338 g/mol. The van der Waals surface area contributed by atoms with Crippen molar-refractivity contribution in [3.63, 3.8) is 0 Å². The van der Waals surface area contributed by atoms with E-state index in [4.69, 9.17) is 14.5 Å². The summed E-state index contributed by atoms with van der Waals surface area (Å²) in [4.78, 5) is 4.81. The van der Waals surface area contributed by atoms with E-state index in [1.54, 1.807) is 7.11 Å². The maximum absolute atomic E-state index is 5.96. The van der Waals surface area contributed by atoms with Gasteiger partial charge in [-0.25, -0.2) is 4.99 Å². The van der Waals surface area contributed by atoms with E-state index in [0.29, 0.717) is 12.5 Å². The van der Waals surface area contributed by atoms with Gasteiger partial charge in [0.1, 0.15) is 12.4 Å². The van der Waals surface area contributed by atoms with Crippen molar-refractivity contribution < 1.29 is 9.47 Å². The lowest BCUT2D eigenvalue weighted by Gasteiger charge is -2.28. The van der Waals surface area contributed by atoms with Crippen LogP contribution in [0, 0.1) is 0 Å². The van der Waals surface area contributed by atoms with E-state index in [9.17, 15) is 0 Å². The van der Waals surface area contributed by atoms with E-state index in [2.05, 4.69) is 69.5 Å². The van der Waals surface area contributed by atoms with Crippen molar-refractivity contribution in [3.05, 3.63) is 52.9 Å². The van der Waals surface area contributed by atoms with Crippen molar-refractivity contribution in [2.75, 3.05) is 13.7 Å². The molecule has 4 heteroatoms. The largest absolute Gasteiger partial charge is 0.500 e. The molecule has 1 aromatic rings. The Labute approximate surface area is 158 Å². The second kappa shape index (κ2) is 7.07. The summed E-state index contributed by atoms with van der Waals surface area (Å²) in [6.07, 6.45) is 4.31. The Morgan fingerprint density at radius 2 is 2.00 bits per heavy atom. The summed E-state index contributed by atoms with van der Waals surface area (Å²) < 4.78 is 11.8. The number of hydrogen-bond acceptors (Lipinski definition) is 3. The van der Waals surface area contributed by atoms with Crippen LogP contribution in [0.3, 0.4) is 0 Å². The van der Waals surface area contributed by atoms with Crippen LogP contribution in [-0.2, 0) is 9.47 Å². The van der Waals surface area contributed by atoms with Gasteiger partial charge in [-0.3, -0.25) is 0 Å². The second-order valence-corrected chi connectivity index (χ2v) is 14.1. The fourth-order valence-electron chi connectivity index (χ4n) is 3.60. The molecule has 0 saturated carbocycles. The lowest BCUT2D eigenvalue weighted by molar-refractivity contribution is 0.264. The number of aliphatic imine (C=N–C) groups is 1. The first-order chi connectivity index (χ1) is 12.2. The Morgan fingerprint density at radius 1 is 1.27 bits per heavy atom. The second-order valence-electron chi connectivity index (χ2n) is 9.01. The fraction of sp³-hybridized carbons (Fsp3) is 0.500. The lowest BCUT2D eigenvalue weighted by atomic mass is 9.80. The van der Waals surface area contributed by atoms with Gasteiger partial charge in [-0.05, 0) is 37.3 Å². The van der Waals surface area contributed by atoms with E-state index >= 15 is 0 Å². The third-order valence-electron chi connectivity index (χ3n) is 4.85. The number of benzene rings is 1. The molecule has 1 unspecified atom stereocenters. The summed E-state index contributed by atoms with van der Waals surface area (Å²) in [5.41, 5.74) is 5.89. The van der Waals surface area contributed by atoms with Gasteiger partial charge in [0.05, 0.1) is 26.3 Å². The fourth-order valence-corrected chi connectivity index (χ4v) is 4.44. The molecule has 2 aliphatic rings. The predicted molar refractivity (Wildman–Crippen MR) is 112 cm³/mol. The molecule has 0 aromatic heterocycles. The zero-order valence-electron chi connectivity index (χ0n) is 16.9. The number of hydrogen-bond donors (Lipinski definition) is 0. The normalized spacial score (nSPS) is 22.2. The SMILES string of the molecule is COC1=C(C2=NC(C)(C)CO2)c2ccccc2C(CC=C[Si](C)(C)C)C1. The molecule has 0 bridgehead atoms. The summed E-state index contributed by atoms with van der Waals surface area (Å²) in [7, 11) is 0.590. The average Bonchev–Trinajstić information content (AvgIpc) is 2.92. The molecule has 0 amide bonds. The Morgan fingerprint density at radius 3 is 2.62 bits per heavy atom. The number of rotatable bonds is 5. The summed E-state index contributed by atoms with van der Waals surface area (Å²) >= 11 is 0. The monoisotopic (exact) mass is 369 g/mol. The quantitative estimate of drug-likeness (QED) is 0.636. The molecule has 0 spiro atoms. The minimum Gasteiger partial charge on any atom is -0.500 e. The molecule has 3 rings (SSSR count). The van der Waals surface area contributed by atoms with Crippen molar-refractivity contribution >= 4 is 19.5 Å². The minimum absolute atomic E-state index is 0.174. The molecule has 1 atom stereocenters. The van der Waals surface area contributed by atoms with Gasteiger partial charge in [-0.1, -0.05) is 55.7 Å². The Hall–Kier alpha value is -1.81. The van der Waals surface area contributed by atoms with Gasteiger partial charge in [-0.15, -0.1) is 0 Å². The number of nitrogens with zero attached hydrogens (tertiary/aromatic N) is 1. The number of methoxy groups -OCH3 is 1. The van der Waals surface area contributed by atoms with E-state index in [1.807, 2.05) is 0 Å². The molecule has 1 aliphatic heterocycles. The lowest BCUT2D eigenvalue weighted by Crippen LogP contribution is -2.18. The van der Waals surface area contributed by atoms with Gasteiger partial charge in [0, 0.05) is 6.42 Å².